The highest BCUT2D eigenvalue weighted by molar-refractivity contribution is 6.42. The van der Waals surface area contributed by atoms with Crippen molar-refractivity contribution >= 4 is 23.2 Å². The van der Waals surface area contributed by atoms with Crippen molar-refractivity contribution in [2.45, 2.75) is 38.6 Å². The zero-order valence-electron chi connectivity index (χ0n) is 8.97. The van der Waals surface area contributed by atoms with E-state index in [9.17, 15) is 0 Å². The van der Waals surface area contributed by atoms with Crippen LogP contribution in [0.25, 0.3) is 0 Å². The standard InChI is InChI=1S/C12H17Cl2N/c1-2-10(15)7-3-5-9-6-4-8-11(13)12(9)14/h4,6,8,10H,2-3,5,7,15H2,1H3. The third-order valence-electron chi connectivity index (χ3n) is 2.58. The van der Waals surface area contributed by atoms with Crippen molar-refractivity contribution in [3.63, 3.8) is 0 Å². The lowest BCUT2D eigenvalue weighted by Crippen LogP contribution is -2.18. The Morgan fingerprint density at radius 1 is 1.33 bits per heavy atom. The first kappa shape index (κ1) is 12.8. The third kappa shape index (κ3) is 4.02. The molecule has 0 radical (unpaired) electrons. The van der Waals surface area contributed by atoms with Crippen molar-refractivity contribution in [2.75, 3.05) is 0 Å². The zero-order valence-corrected chi connectivity index (χ0v) is 10.5. The van der Waals surface area contributed by atoms with Gasteiger partial charge in [0.1, 0.15) is 0 Å². The average molecular weight is 246 g/mol. The van der Waals surface area contributed by atoms with Gasteiger partial charge in [0.05, 0.1) is 10.0 Å². The maximum atomic E-state index is 6.08. The summed E-state index contributed by atoms with van der Waals surface area (Å²) in [5.74, 6) is 0. The van der Waals surface area contributed by atoms with Crippen LogP contribution in [0.2, 0.25) is 10.0 Å². The van der Waals surface area contributed by atoms with E-state index in [1.54, 1.807) is 0 Å². The number of aryl methyl sites for hydroxylation is 1. The van der Waals surface area contributed by atoms with Crippen LogP contribution in [0.4, 0.5) is 0 Å². The van der Waals surface area contributed by atoms with E-state index in [4.69, 9.17) is 28.9 Å². The molecule has 1 aromatic carbocycles. The molecule has 0 heterocycles. The normalized spacial score (nSPS) is 12.8. The van der Waals surface area contributed by atoms with E-state index >= 15 is 0 Å². The zero-order chi connectivity index (χ0) is 11.3. The average Bonchev–Trinajstić information content (AvgIpc) is 2.24. The van der Waals surface area contributed by atoms with Gasteiger partial charge in [0.2, 0.25) is 0 Å². The minimum Gasteiger partial charge on any atom is -0.328 e. The second kappa shape index (κ2) is 6.37. The number of hydrogen-bond donors (Lipinski definition) is 1. The second-order valence-corrected chi connectivity index (χ2v) is 4.56. The number of nitrogens with two attached hydrogens (primary N) is 1. The lowest BCUT2D eigenvalue weighted by Gasteiger charge is -2.09. The van der Waals surface area contributed by atoms with Gasteiger partial charge in [-0.1, -0.05) is 42.3 Å². The van der Waals surface area contributed by atoms with Gasteiger partial charge < -0.3 is 5.73 Å². The summed E-state index contributed by atoms with van der Waals surface area (Å²) in [6.45, 7) is 2.11. The van der Waals surface area contributed by atoms with E-state index in [2.05, 4.69) is 6.92 Å². The van der Waals surface area contributed by atoms with Crippen LogP contribution in [0.15, 0.2) is 18.2 Å². The van der Waals surface area contributed by atoms with Gasteiger partial charge >= 0.3 is 0 Å². The highest BCUT2D eigenvalue weighted by atomic mass is 35.5. The Bertz CT molecular complexity index is 312. The van der Waals surface area contributed by atoms with Gasteiger partial charge in [0.25, 0.3) is 0 Å². The summed E-state index contributed by atoms with van der Waals surface area (Å²) in [7, 11) is 0. The van der Waals surface area contributed by atoms with Gasteiger partial charge in [-0.3, -0.25) is 0 Å². The number of halogens is 2. The summed E-state index contributed by atoms with van der Waals surface area (Å²) in [4.78, 5) is 0. The fraction of sp³-hybridized carbons (Fsp3) is 0.500. The summed E-state index contributed by atoms with van der Waals surface area (Å²) < 4.78 is 0. The quantitative estimate of drug-likeness (QED) is 0.833. The van der Waals surface area contributed by atoms with Crippen molar-refractivity contribution < 1.29 is 0 Å². The predicted octanol–water partition coefficient (Wildman–Crippen LogP) is 4.05. The van der Waals surface area contributed by atoms with Crippen LogP contribution in [0.5, 0.6) is 0 Å². The van der Waals surface area contributed by atoms with Crippen molar-refractivity contribution in [3.05, 3.63) is 33.8 Å². The summed E-state index contributed by atoms with van der Waals surface area (Å²) in [6, 6.07) is 6.07. The Labute approximate surface area is 102 Å². The molecule has 15 heavy (non-hydrogen) atoms. The maximum absolute atomic E-state index is 6.08. The van der Waals surface area contributed by atoms with E-state index in [1.807, 2.05) is 18.2 Å². The van der Waals surface area contributed by atoms with Crippen molar-refractivity contribution in [1.82, 2.24) is 0 Å². The van der Waals surface area contributed by atoms with Gasteiger partial charge in [0.15, 0.2) is 0 Å². The van der Waals surface area contributed by atoms with Crippen molar-refractivity contribution in [2.24, 2.45) is 5.73 Å². The lowest BCUT2D eigenvalue weighted by molar-refractivity contribution is 0.568. The molecule has 0 aromatic heterocycles. The molecule has 1 rings (SSSR count). The van der Waals surface area contributed by atoms with E-state index in [0.29, 0.717) is 16.1 Å². The minimum absolute atomic E-state index is 0.308. The number of rotatable bonds is 5. The van der Waals surface area contributed by atoms with Gasteiger partial charge in [-0.2, -0.15) is 0 Å². The minimum atomic E-state index is 0.308. The van der Waals surface area contributed by atoms with Crippen molar-refractivity contribution in [1.29, 1.82) is 0 Å². The van der Waals surface area contributed by atoms with Gasteiger partial charge in [-0.05, 0) is 37.3 Å². The fourth-order valence-corrected chi connectivity index (χ4v) is 1.91. The third-order valence-corrected chi connectivity index (χ3v) is 3.44. The molecule has 0 amide bonds. The number of hydrogen-bond acceptors (Lipinski definition) is 1. The van der Waals surface area contributed by atoms with Gasteiger partial charge in [-0.25, -0.2) is 0 Å². The summed E-state index contributed by atoms with van der Waals surface area (Å²) in [5, 5.41) is 1.32. The molecule has 3 heteroatoms. The Morgan fingerprint density at radius 2 is 2.07 bits per heavy atom. The highest BCUT2D eigenvalue weighted by Gasteiger charge is 2.05. The molecule has 2 N–H and O–H groups in total. The first-order chi connectivity index (χ1) is 7.15. The molecule has 84 valence electrons. The van der Waals surface area contributed by atoms with Crippen LogP contribution in [-0.4, -0.2) is 6.04 Å². The molecule has 0 saturated carbocycles. The Balaban J connectivity index is 2.47. The largest absolute Gasteiger partial charge is 0.328 e. The first-order valence-electron chi connectivity index (χ1n) is 5.33. The topological polar surface area (TPSA) is 26.0 Å². The molecule has 0 spiro atoms. The Morgan fingerprint density at radius 3 is 2.73 bits per heavy atom. The molecule has 0 saturated heterocycles. The second-order valence-electron chi connectivity index (χ2n) is 3.77. The summed E-state index contributed by atoms with van der Waals surface area (Å²) >= 11 is 12.0. The lowest BCUT2D eigenvalue weighted by atomic mass is 10.0. The molecule has 0 aliphatic rings. The highest BCUT2D eigenvalue weighted by Crippen LogP contribution is 2.26. The van der Waals surface area contributed by atoms with Crippen LogP contribution in [0.1, 0.15) is 31.7 Å². The van der Waals surface area contributed by atoms with Crippen LogP contribution in [-0.2, 0) is 6.42 Å². The molecule has 0 aliphatic carbocycles. The van der Waals surface area contributed by atoms with E-state index in [1.165, 1.54) is 0 Å². The molecular weight excluding hydrogens is 229 g/mol. The van der Waals surface area contributed by atoms with E-state index < -0.39 is 0 Å². The number of benzene rings is 1. The summed E-state index contributed by atoms with van der Waals surface area (Å²) in [6.07, 6.45) is 4.09. The van der Waals surface area contributed by atoms with Gasteiger partial charge in [0, 0.05) is 6.04 Å². The molecule has 1 nitrogen and oxygen atoms in total. The van der Waals surface area contributed by atoms with Crippen LogP contribution in [0, 0.1) is 0 Å². The maximum Gasteiger partial charge on any atom is 0.0624 e. The molecular formula is C12H17Cl2N. The fourth-order valence-electron chi connectivity index (χ4n) is 1.50. The smallest absolute Gasteiger partial charge is 0.0624 e. The molecule has 1 atom stereocenters. The molecule has 0 fully saturated rings. The van der Waals surface area contributed by atoms with Crippen LogP contribution < -0.4 is 5.73 Å². The van der Waals surface area contributed by atoms with E-state index in [-0.39, 0.29) is 0 Å². The van der Waals surface area contributed by atoms with E-state index in [0.717, 1.165) is 31.2 Å². The molecule has 0 bridgehead atoms. The van der Waals surface area contributed by atoms with Crippen LogP contribution in [0.3, 0.4) is 0 Å². The monoisotopic (exact) mass is 245 g/mol. The molecule has 1 unspecified atom stereocenters. The SMILES string of the molecule is CCC(N)CCCc1cccc(Cl)c1Cl. The van der Waals surface area contributed by atoms with Crippen LogP contribution >= 0.6 is 23.2 Å². The Hall–Kier alpha value is -0.240. The predicted molar refractivity (Wildman–Crippen MR) is 67.7 cm³/mol. The summed E-state index contributed by atoms with van der Waals surface area (Å²) in [5.41, 5.74) is 6.96. The Kier molecular flexibility index (Phi) is 5.44. The molecule has 1 aromatic rings. The van der Waals surface area contributed by atoms with Crippen molar-refractivity contribution in [3.8, 4) is 0 Å². The first-order valence-corrected chi connectivity index (χ1v) is 6.09. The van der Waals surface area contributed by atoms with Gasteiger partial charge in [-0.15, -0.1) is 0 Å². The molecule has 0 aliphatic heterocycles.